The summed E-state index contributed by atoms with van der Waals surface area (Å²) in [4.78, 5) is 11.2. The fraction of sp³-hybridized carbons (Fsp3) is 0.750. The van der Waals surface area contributed by atoms with Gasteiger partial charge in [0.25, 0.3) is 0 Å². The van der Waals surface area contributed by atoms with Crippen LogP contribution in [0.4, 0.5) is 0 Å². The number of Topliss-reactive ketones (excluding diaryl/α,β-unsaturated/α-hetero) is 1. The van der Waals surface area contributed by atoms with Crippen LogP contribution in [-0.4, -0.2) is 17.3 Å². The molecule has 0 aromatic rings. The quantitative estimate of drug-likeness (QED) is 0.630. The molecule has 11 heavy (non-hydrogen) atoms. The van der Waals surface area contributed by atoms with Gasteiger partial charge < -0.3 is 0 Å². The average molecular weight is 169 g/mol. The predicted octanol–water partition coefficient (Wildman–Crippen LogP) is 1.61. The fourth-order valence-electron chi connectivity index (χ4n) is 1.18. The molecule has 0 saturated carbocycles. The van der Waals surface area contributed by atoms with Crippen molar-refractivity contribution in [3.05, 3.63) is 0 Å². The van der Waals surface area contributed by atoms with Crippen molar-refractivity contribution in [2.24, 2.45) is 5.92 Å². The summed E-state index contributed by atoms with van der Waals surface area (Å²) in [5.74, 6) is 2.44. The lowest BCUT2D eigenvalue weighted by atomic mass is 9.99. The third-order valence-corrected chi connectivity index (χ3v) is 3.00. The van der Waals surface area contributed by atoms with Gasteiger partial charge in [0.15, 0.2) is 0 Å². The molecule has 1 rings (SSSR count). The Kier molecular flexibility index (Phi) is 3.44. The number of nitriles is 1. The molecular weight excluding hydrogens is 158 g/mol. The number of nitrogens with zero attached hydrogens (tertiary/aromatic N) is 1. The second-order valence-electron chi connectivity index (χ2n) is 2.68. The first-order valence-electron chi connectivity index (χ1n) is 3.82. The molecule has 0 bridgehead atoms. The summed E-state index contributed by atoms with van der Waals surface area (Å²) in [5.41, 5.74) is 0. The molecule has 1 unspecified atom stereocenters. The van der Waals surface area contributed by atoms with E-state index in [9.17, 15) is 4.79 Å². The lowest BCUT2D eigenvalue weighted by Crippen LogP contribution is -2.22. The number of carbonyl (C=O) groups is 1. The third-order valence-electron chi connectivity index (χ3n) is 1.87. The molecule has 0 amide bonds. The lowest BCUT2D eigenvalue weighted by Gasteiger charge is -2.18. The van der Waals surface area contributed by atoms with Crippen molar-refractivity contribution in [3.8, 4) is 6.07 Å². The van der Waals surface area contributed by atoms with Crippen LogP contribution < -0.4 is 0 Å². The Morgan fingerprint density at radius 1 is 1.73 bits per heavy atom. The average Bonchev–Trinajstić information content (AvgIpc) is 2.03. The summed E-state index contributed by atoms with van der Waals surface area (Å²) < 4.78 is 0. The van der Waals surface area contributed by atoms with E-state index < -0.39 is 0 Å². The van der Waals surface area contributed by atoms with Crippen molar-refractivity contribution in [3.63, 3.8) is 0 Å². The standard InChI is InChI=1S/C8H11NOS/c9-4-1-2-7-6-11-5-3-8(7)10/h7H,1-3,5-6H2. The Bertz CT molecular complexity index is 185. The molecule has 1 heterocycles. The van der Waals surface area contributed by atoms with Crippen molar-refractivity contribution >= 4 is 17.5 Å². The highest BCUT2D eigenvalue weighted by atomic mass is 32.2. The molecule has 2 nitrogen and oxygen atoms in total. The number of hydrogen-bond acceptors (Lipinski definition) is 3. The Labute approximate surface area is 71.0 Å². The minimum Gasteiger partial charge on any atom is -0.299 e. The molecule has 3 heteroatoms. The highest BCUT2D eigenvalue weighted by molar-refractivity contribution is 7.99. The van der Waals surface area contributed by atoms with Crippen LogP contribution in [0.3, 0.4) is 0 Å². The van der Waals surface area contributed by atoms with E-state index in [-0.39, 0.29) is 5.92 Å². The zero-order chi connectivity index (χ0) is 8.10. The molecule has 1 atom stereocenters. The summed E-state index contributed by atoms with van der Waals surface area (Å²) in [6.07, 6.45) is 2.00. The van der Waals surface area contributed by atoms with E-state index in [0.717, 1.165) is 17.9 Å². The Morgan fingerprint density at radius 3 is 3.18 bits per heavy atom. The van der Waals surface area contributed by atoms with Crippen LogP contribution in [0.2, 0.25) is 0 Å². The van der Waals surface area contributed by atoms with E-state index >= 15 is 0 Å². The number of ketones is 1. The van der Waals surface area contributed by atoms with Gasteiger partial charge in [0.05, 0.1) is 6.07 Å². The highest BCUT2D eigenvalue weighted by Gasteiger charge is 2.21. The number of carbonyl (C=O) groups excluding carboxylic acids is 1. The first-order chi connectivity index (χ1) is 5.34. The van der Waals surface area contributed by atoms with Crippen molar-refractivity contribution in [2.75, 3.05) is 11.5 Å². The maximum absolute atomic E-state index is 11.2. The van der Waals surface area contributed by atoms with Gasteiger partial charge in [0.1, 0.15) is 5.78 Å². The molecule has 1 aliphatic heterocycles. The molecule has 0 aromatic heterocycles. The van der Waals surface area contributed by atoms with E-state index in [0.29, 0.717) is 18.6 Å². The van der Waals surface area contributed by atoms with Gasteiger partial charge in [-0.1, -0.05) is 0 Å². The van der Waals surface area contributed by atoms with Crippen LogP contribution >= 0.6 is 11.8 Å². The van der Waals surface area contributed by atoms with Gasteiger partial charge >= 0.3 is 0 Å². The van der Waals surface area contributed by atoms with E-state index in [1.165, 1.54) is 0 Å². The largest absolute Gasteiger partial charge is 0.299 e. The minimum atomic E-state index is 0.174. The first kappa shape index (κ1) is 8.61. The smallest absolute Gasteiger partial charge is 0.137 e. The van der Waals surface area contributed by atoms with E-state index in [2.05, 4.69) is 6.07 Å². The van der Waals surface area contributed by atoms with Crippen molar-refractivity contribution in [1.82, 2.24) is 0 Å². The van der Waals surface area contributed by atoms with Gasteiger partial charge in [0, 0.05) is 30.3 Å². The Morgan fingerprint density at radius 2 is 2.55 bits per heavy atom. The number of thioether (sulfide) groups is 1. The summed E-state index contributed by atoms with van der Waals surface area (Å²) >= 11 is 1.83. The van der Waals surface area contributed by atoms with Crippen LogP contribution in [0.1, 0.15) is 19.3 Å². The van der Waals surface area contributed by atoms with Gasteiger partial charge in [-0.05, 0) is 6.42 Å². The fourth-order valence-corrected chi connectivity index (χ4v) is 2.33. The summed E-state index contributed by atoms with van der Waals surface area (Å²) in [6.45, 7) is 0. The molecule has 0 aromatic carbocycles. The topological polar surface area (TPSA) is 40.9 Å². The summed E-state index contributed by atoms with van der Waals surface area (Å²) in [7, 11) is 0. The zero-order valence-corrected chi connectivity index (χ0v) is 7.19. The highest BCUT2D eigenvalue weighted by Crippen LogP contribution is 2.22. The lowest BCUT2D eigenvalue weighted by molar-refractivity contribution is -0.122. The SMILES string of the molecule is N#CCCC1CSCCC1=O. The van der Waals surface area contributed by atoms with Crippen LogP contribution in [0.15, 0.2) is 0 Å². The van der Waals surface area contributed by atoms with E-state index in [4.69, 9.17) is 5.26 Å². The Balaban J connectivity index is 2.31. The van der Waals surface area contributed by atoms with Gasteiger partial charge in [-0.25, -0.2) is 0 Å². The third kappa shape index (κ3) is 2.55. The predicted molar refractivity (Wildman–Crippen MR) is 45.3 cm³/mol. The monoisotopic (exact) mass is 169 g/mol. The van der Waals surface area contributed by atoms with Crippen molar-refractivity contribution < 1.29 is 4.79 Å². The van der Waals surface area contributed by atoms with Crippen LogP contribution in [0.25, 0.3) is 0 Å². The second kappa shape index (κ2) is 4.40. The van der Waals surface area contributed by atoms with Crippen molar-refractivity contribution in [2.45, 2.75) is 19.3 Å². The maximum atomic E-state index is 11.2. The van der Waals surface area contributed by atoms with Crippen molar-refractivity contribution in [1.29, 1.82) is 5.26 Å². The number of hydrogen-bond donors (Lipinski definition) is 0. The molecule has 1 fully saturated rings. The summed E-state index contributed by atoms with van der Waals surface area (Å²) in [6, 6.07) is 2.07. The van der Waals surface area contributed by atoms with Crippen LogP contribution in [0.5, 0.6) is 0 Å². The van der Waals surface area contributed by atoms with Gasteiger partial charge in [-0.3, -0.25) is 4.79 Å². The molecule has 0 spiro atoms. The molecular formula is C8H11NOS. The molecule has 1 saturated heterocycles. The molecule has 0 radical (unpaired) electrons. The Hall–Kier alpha value is -0.490. The first-order valence-corrected chi connectivity index (χ1v) is 4.97. The minimum absolute atomic E-state index is 0.174. The maximum Gasteiger partial charge on any atom is 0.137 e. The van der Waals surface area contributed by atoms with Crippen LogP contribution in [-0.2, 0) is 4.79 Å². The number of rotatable bonds is 2. The molecule has 0 N–H and O–H groups in total. The van der Waals surface area contributed by atoms with E-state index in [1.807, 2.05) is 11.8 Å². The van der Waals surface area contributed by atoms with E-state index in [1.54, 1.807) is 0 Å². The van der Waals surface area contributed by atoms with Gasteiger partial charge in [-0.15, -0.1) is 0 Å². The van der Waals surface area contributed by atoms with Gasteiger partial charge in [0.2, 0.25) is 0 Å². The zero-order valence-electron chi connectivity index (χ0n) is 6.38. The summed E-state index contributed by atoms with van der Waals surface area (Å²) in [5, 5.41) is 8.32. The molecule has 1 aliphatic rings. The van der Waals surface area contributed by atoms with Crippen LogP contribution in [0, 0.1) is 17.2 Å². The molecule has 0 aliphatic carbocycles. The normalized spacial score (nSPS) is 24.6. The molecule has 60 valence electrons. The van der Waals surface area contributed by atoms with Gasteiger partial charge in [-0.2, -0.15) is 17.0 Å². The second-order valence-corrected chi connectivity index (χ2v) is 3.83.